The second-order valence-corrected chi connectivity index (χ2v) is 6.71. The molecule has 2 nitrogen and oxygen atoms in total. The van der Waals surface area contributed by atoms with E-state index in [0.29, 0.717) is 5.56 Å². The summed E-state index contributed by atoms with van der Waals surface area (Å²) in [6.07, 6.45) is -4.32. The normalized spacial score (nSPS) is 13.5. The van der Waals surface area contributed by atoms with Crippen molar-refractivity contribution < 1.29 is 13.2 Å². The highest BCUT2D eigenvalue weighted by atomic mass is 127. The molecule has 1 heterocycles. The first-order valence-corrected chi connectivity index (χ1v) is 7.25. The minimum absolute atomic E-state index is 0.304. The summed E-state index contributed by atoms with van der Waals surface area (Å²) in [6, 6.07) is 6.67. The van der Waals surface area contributed by atoms with Crippen molar-refractivity contribution in [2.45, 2.75) is 12.2 Å². The van der Waals surface area contributed by atoms with E-state index in [-0.39, 0.29) is 6.04 Å². The van der Waals surface area contributed by atoms with Gasteiger partial charge in [-0.1, -0.05) is 12.1 Å². The molecule has 1 aromatic carbocycles. The Morgan fingerprint density at radius 1 is 1.16 bits per heavy atom. The minimum atomic E-state index is -4.32. The zero-order valence-electron chi connectivity index (χ0n) is 9.54. The molecule has 3 N–H and O–H groups in total. The van der Waals surface area contributed by atoms with Crippen LogP contribution in [0.25, 0.3) is 0 Å². The lowest BCUT2D eigenvalue weighted by molar-refractivity contribution is -0.137. The SMILES string of the molecule is NNC(c1ccc(C(F)(F)F)cc1)c1csc(I)c1. The number of nitrogens with one attached hydrogen (secondary N) is 1. The van der Waals surface area contributed by atoms with Crippen molar-refractivity contribution in [2.75, 3.05) is 0 Å². The van der Waals surface area contributed by atoms with Crippen molar-refractivity contribution in [3.05, 3.63) is 55.3 Å². The number of hydrogen-bond donors (Lipinski definition) is 2. The van der Waals surface area contributed by atoms with Gasteiger partial charge in [0.25, 0.3) is 0 Å². The molecule has 1 unspecified atom stereocenters. The van der Waals surface area contributed by atoms with Gasteiger partial charge in [-0.25, -0.2) is 5.43 Å². The van der Waals surface area contributed by atoms with Gasteiger partial charge < -0.3 is 0 Å². The first kappa shape index (κ1) is 14.8. The van der Waals surface area contributed by atoms with E-state index in [1.807, 2.05) is 11.4 Å². The molecule has 2 rings (SSSR count). The number of rotatable bonds is 3. The molecule has 1 aromatic heterocycles. The fourth-order valence-electron chi connectivity index (χ4n) is 1.72. The van der Waals surface area contributed by atoms with Gasteiger partial charge in [0.1, 0.15) is 0 Å². The summed E-state index contributed by atoms with van der Waals surface area (Å²) in [4.78, 5) is 0. The molecule has 0 aliphatic rings. The van der Waals surface area contributed by atoms with Crippen molar-refractivity contribution in [1.82, 2.24) is 5.43 Å². The number of benzene rings is 1. The number of hydrogen-bond acceptors (Lipinski definition) is 3. The topological polar surface area (TPSA) is 38.0 Å². The van der Waals surface area contributed by atoms with E-state index in [1.54, 1.807) is 11.3 Å². The Morgan fingerprint density at radius 3 is 2.21 bits per heavy atom. The van der Waals surface area contributed by atoms with E-state index in [2.05, 4.69) is 28.0 Å². The molecule has 0 fully saturated rings. The van der Waals surface area contributed by atoms with Crippen molar-refractivity contribution >= 4 is 33.9 Å². The number of alkyl halides is 3. The highest BCUT2D eigenvalue weighted by Gasteiger charge is 2.30. The van der Waals surface area contributed by atoms with E-state index in [9.17, 15) is 13.2 Å². The largest absolute Gasteiger partial charge is 0.416 e. The maximum atomic E-state index is 12.5. The molecule has 0 saturated heterocycles. The van der Waals surface area contributed by atoms with E-state index >= 15 is 0 Å². The van der Waals surface area contributed by atoms with Gasteiger partial charge >= 0.3 is 6.18 Å². The summed E-state index contributed by atoms with van der Waals surface area (Å²) >= 11 is 3.75. The lowest BCUT2D eigenvalue weighted by atomic mass is 10.0. The van der Waals surface area contributed by atoms with Crippen LogP contribution >= 0.6 is 33.9 Å². The number of thiophene rings is 1. The molecule has 0 aliphatic carbocycles. The standard InChI is InChI=1S/C12H10F3IN2S/c13-12(14,15)9-3-1-7(2-4-9)11(18-17)8-5-10(16)19-6-8/h1-6,11,18H,17H2. The van der Waals surface area contributed by atoms with Crippen LogP contribution in [0.5, 0.6) is 0 Å². The van der Waals surface area contributed by atoms with Crippen LogP contribution in [0.15, 0.2) is 35.7 Å². The van der Waals surface area contributed by atoms with Gasteiger partial charge in [-0.05, 0) is 57.3 Å². The number of nitrogens with two attached hydrogens (primary N) is 1. The fourth-order valence-corrected chi connectivity index (χ4v) is 3.12. The zero-order valence-corrected chi connectivity index (χ0v) is 12.5. The third kappa shape index (κ3) is 3.47. The van der Waals surface area contributed by atoms with Crippen molar-refractivity contribution in [3.63, 3.8) is 0 Å². The lowest BCUT2D eigenvalue weighted by Gasteiger charge is -2.16. The quantitative estimate of drug-likeness (QED) is 0.467. The zero-order chi connectivity index (χ0) is 14.0. The molecule has 102 valence electrons. The van der Waals surface area contributed by atoms with Crippen LogP contribution in [0.3, 0.4) is 0 Å². The molecule has 7 heteroatoms. The Morgan fingerprint density at radius 2 is 1.79 bits per heavy atom. The molecule has 19 heavy (non-hydrogen) atoms. The average molecular weight is 398 g/mol. The van der Waals surface area contributed by atoms with Crippen molar-refractivity contribution in [2.24, 2.45) is 5.84 Å². The Balaban J connectivity index is 2.30. The van der Waals surface area contributed by atoms with Gasteiger partial charge in [0, 0.05) is 0 Å². The average Bonchev–Trinajstić information content (AvgIpc) is 2.76. The highest BCUT2D eigenvalue weighted by molar-refractivity contribution is 14.1. The third-order valence-corrected chi connectivity index (χ3v) is 4.47. The Kier molecular flexibility index (Phi) is 4.49. The van der Waals surface area contributed by atoms with E-state index in [0.717, 1.165) is 20.6 Å². The first-order chi connectivity index (χ1) is 8.91. The van der Waals surface area contributed by atoms with Gasteiger partial charge in [-0.15, -0.1) is 11.3 Å². The van der Waals surface area contributed by atoms with Gasteiger partial charge in [0.15, 0.2) is 0 Å². The summed E-state index contributed by atoms with van der Waals surface area (Å²) in [5, 5.41) is 1.93. The molecule has 0 spiro atoms. The molecule has 0 saturated carbocycles. The first-order valence-electron chi connectivity index (χ1n) is 5.29. The molecular formula is C12H10F3IN2S. The molecule has 0 bridgehead atoms. The Labute approximate surface area is 125 Å². The summed E-state index contributed by atoms with van der Waals surface area (Å²) in [5.74, 6) is 5.50. The van der Waals surface area contributed by atoms with Crippen molar-refractivity contribution in [3.8, 4) is 0 Å². The fraction of sp³-hybridized carbons (Fsp3) is 0.167. The monoisotopic (exact) mass is 398 g/mol. The summed E-state index contributed by atoms with van der Waals surface area (Å²) in [5.41, 5.74) is 3.61. The summed E-state index contributed by atoms with van der Waals surface area (Å²) in [7, 11) is 0. The minimum Gasteiger partial charge on any atom is -0.271 e. The molecule has 0 aliphatic heterocycles. The van der Waals surface area contributed by atoms with E-state index in [1.165, 1.54) is 12.1 Å². The molecule has 0 radical (unpaired) electrons. The van der Waals surface area contributed by atoms with Crippen LogP contribution in [0, 0.1) is 2.88 Å². The number of halogens is 4. The Hall–Kier alpha value is -0.640. The van der Waals surface area contributed by atoms with Crippen LogP contribution in [-0.4, -0.2) is 0 Å². The van der Waals surface area contributed by atoms with Gasteiger partial charge in [0.2, 0.25) is 0 Å². The third-order valence-electron chi connectivity index (χ3n) is 2.66. The smallest absolute Gasteiger partial charge is 0.271 e. The van der Waals surface area contributed by atoms with Gasteiger partial charge in [-0.3, -0.25) is 5.84 Å². The predicted molar refractivity (Wildman–Crippen MR) is 77.6 cm³/mol. The van der Waals surface area contributed by atoms with Crippen LogP contribution < -0.4 is 11.3 Å². The maximum Gasteiger partial charge on any atom is 0.416 e. The van der Waals surface area contributed by atoms with Crippen LogP contribution in [0.4, 0.5) is 13.2 Å². The van der Waals surface area contributed by atoms with Crippen molar-refractivity contribution in [1.29, 1.82) is 0 Å². The number of hydrazine groups is 1. The molecular weight excluding hydrogens is 388 g/mol. The second-order valence-electron chi connectivity index (χ2n) is 3.90. The van der Waals surface area contributed by atoms with Crippen LogP contribution in [0.1, 0.15) is 22.7 Å². The van der Waals surface area contributed by atoms with Crippen LogP contribution in [0.2, 0.25) is 0 Å². The molecule has 2 aromatic rings. The van der Waals surface area contributed by atoms with Gasteiger partial charge in [0.05, 0.1) is 14.5 Å². The summed E-state index contributed by atoms with van der Waals surface area (Å²) in [6.45, 7) is 0. The lowest BCUT2D eigenvalue weighted by Crippen LogP contribution is -2.28. The summed E-state index contributed by atoms with van der Waals surface area (Å²) < 4.78 is 38.6. The van der Waals surface area contributed by atoms with E-state index < -0.39 is 11.7 Å². The highest BCUT2D eigenvalue weighted by Crippen LogP contribution is 2.31. The van der Waals surface area contributed by atoms with E-state index in [4.69, 9.17) is 5.84 Å². The second kappa shape index (κ2) is 5.78. The molecule has 0 amide bonds. The maximum absolute atomic E-state index is 12.5. The van der Waals surface area contributed by atoms with Gasteiger partial charge in [-0.2, -0.15) is 13.2 Å². The molecule has 1 atom stereocenters. The predicted octanol–water partition coefficient (Wildman–Crippen LogP) is 3.92. The van der Waals surface area contributed by atoms with Crippen LogP contribution in [-0.2, 0) is 6.18 Å². The Bertz CT molecular complexity index is 551.